The summed E-state index contributed by atoms with van der Waals surface area (Å²) in [5, 5.41) is 0. The first-order valence-corrected chi connectivity index (χ1v) is 9.38. The molecule has 0 amide bonds. The van der Waals surface area contributed by atoms with E-state index in [-0.39, 0.29) is 6.04 Å². The van der Waals surface area contributed by atoms with Crippen LogP contribution in [-0.2, 0) is 0 Å². The van der Waals surface area contributed by atoms with E-state index in [4.69, 9.17) is 10.2 Å². The highest BCUT2D eigenvalue weighted by atomic mass is 28.4. The van der Waals surface area contributed by atoms with Gasteiger partial charge in [-0.15, -0.1) is 6.58 Å². The first kappa shape index (κ1) is 14.0. The predicted octanol–water partition coefficient (Wildman–Crippen LogP) is 3.87. The van der Waals surface area contributed by atoms with E-state index in [1.807, 2.05) is 31.2 Å². The maximum Gasteiger partial charge on any atom is 0.242 e. The molecule has 0 unspecified atom stereocenters. The Hall–Kier alpha value is -1.06. The Morgan fingerprint density at radius 3 is 2.24 bits per heavy atom. The second-order valence-electron chi connectivity index (χ2n) is 5.55. The molecule has 1 rings (SSSR count). The summed E-state index contributed by atoms with van der Waals surface area (Å²) in [6.07, 6.45) is 0.828. The summed E-state index contributed by atoms with van der Waals surface area (Å²) in [6, 6.07) is 8.14. The Bertz CT molecular complexity index is 378. The standard InChI is InChI=1S/C14H23NOSi/c1-11(2)10-14(15)12-6-8-13(9-7-12)16-17(3,4)5/h6-9,14H,1,10,15H2,2-5H3/t14-/m0/s1. The van der Waals surface area contributed by atoms with Crippen LogP contribution < -0.4 is 10.2 Å². The van der Waals surface area contributed by atoms with Crippen molar-refractivity contribution >= 4 is 8.32 Å². The molecule has 3 heteroatoms. The van der Waals surface area contributed by atoms with E-state index in [0.29, 0.717) is 0 Å². The lowest BCUT2D eigenvalue weighted by atomic mass is 10.0. The number of benzene rings is 1. The van der Waals surface area contributed by atoms with Crippen molar-refractivity contribution in [3.8, 4) is 5.75 Å². The summed E-state index contributed by atoms with van der Waals surface area (Å²) in [6.45, 7) is 12.4. The SMILES string of the molecule is C=C(C)C[C@H](N)c1ccc(O[Si](C)(C)C)cc1. The van der Waals surface area contributed by atoms with Crippen molar-refractivity contribution in [3.63, 3.8) is 0 Å². The van der Waals surface area contributed by atoms with E-state index in [2.05, 4.69) is 26.2 Å². The molecule has 0 bridgehead atoms. The van der Waals surface area contributed by atoms with Gasteiger partial charge >= 0.3 is 0 Å². The summed E-state index contributed by atoms with van der Waals surface area (Å²) in [5.41, 5.74) is 8.33. The maximum atomic E-state index is 6.08. The molecular weight excluding hydrogens is 226 g/mol. The molecule has 94 valence electrons. The molecule has 2 N–H and O–H groups in total. The minimum Gasteiger partial charge on any atom is -0.544 e. The molecule has 1 atom stereocenters. The van der Waals surface area contributed by atoms with Crippen LogP contribution in [0.15, 0.2) is 36.4 Å². The van der Waals surface area contributed by atoms with E-state index in [1.165, 1.54) is 0 Å². The molecule has 2 nitrogen and oxygen atoms in total. The smallest absolute Gasteiger partial charge is 0.242 e. The zero-order chi connectivity index (χ0) is 13.1. The average molecular weight is 249 g/mol. The second-order valence-corrected chi connectivity index (χ2v) is 9.98. The highest BCUT2D eigenvalue weighted by molar-refractivity contribution is 6.70. The van der Waals surface area contributed by atoms with Gasteiger partial charge < -0.3 is 10.2 Å². The van der Waals surface area contributed by atoms with Crippen molar-refractivity contribution in [2.24, 2.45) is 5.73 Å². The van der Waals surface area contributed by atoms with Crippen LogP contribution in [0.5, 0.6) is 5.75 Å². The third kappa shape index (κ3) is 5.19. The van der Waals surface area contributed by atoms with Crippen LogP contribution in [0, 0.1) is 0 Å². The molecule has 0 aliphatic heterocycles. The van der Waals surface area contributed by atoms with Gasteiger partial charge in [0.05, 0.1) is 0 Å². The van der Waals surface area contributed by atoms with Gasteiger partial charge in [0.2, 0.25) is 8.32 Å². The molecule has 1 aromatic rings. The Morgan fingerprint density at radius 2 is 1.82 bits per heavy atom. The van der Waals surface area contributed by atoms with Crippen molar-refractivity contribution in [2.45, 2.75) is 39.0 Å². The fraction of sp³-hybridized carbons (Fsp3) is 0.429. The molecule has 0 heterocycles. The number of hydrogen-bond donors (Lipinski definition) is 1. The third-order valence-corrected chi connectivity index (χ3v) is 3.15. The third-order valence-electron chi connectivity index (χ3n) is 2.30. The van der Waals surface area contributed by atoms with Crippen LogP contribution in [0.1, 0.15) is 24.9 Å². The van der Waals surface area contributed by atoms with Gasteiger partial charge in [-0.2, -0.15) is 0 Å². The van der Waals surface area contributed by atoms with Gasteiger partial charge in [0.1, 0.15) is 5.75 Å². The molecule has 0 saturated carbocycles. The van der Waals surface area contributed by atoms with Gasteiger partial charge in [-0.25, -0.2) is 0 Å². The quantitative estimate of drug-likeness (QED) is 0.635. The first-order valence-electron chi connectivity index (χ1n) is 5.97. The number of hydrogen-bond acceptors (Lipinski definition) is 2. The zero-order valence-corrected chi connectivity index (χ0v) is 12.3. The number of rotatable bonds is 5. The molecular formula is C14H23NOSi. The summed E-state index contributed by atoms with van der Waals surface area (Å²) in [4.78, 5) is 0. The normalized spacial score (nSPS) is 13.2. The minimum absolute atomic E-state index is 0.0356. The van der Waals surface area contributed by atoms with E-state index < -0.39 is 8.32 Å². The van der Waals surface area contributed by atoms with Crippen molar-refractivity contribution in [1.82, 2.24) is 0 Å². The van der Waals surface area contributed by atoms with E-state index in [1.54, 1.807) is 0 Å². The number of nitrogens with two attached hydrogens (primary N) is 1. The van der Waals surface area contributed by atoms with Gasteiger partial charge in [-0.05, 0) is 50.7 Å². The molecule has 0 fully saturated rings. The fourth-order valence-electron chi connectivity index (χ4n) is 1.63. The second kappa shape index (κ2) is 5.51. The maximum absolute atomic E-state index is 6.08. The topological polar surface area (TPSA) is 35.2 Å². The van der Waals surface area contributed by atoms with Crippen molar-refractivity contribution in [2.75, 3.05) is 0 Å². The lowest BCUT2D eigenvalue weighted by molar-refractivity contribution is 0.557. The Balaban J connectivity index is 2.71. The Kier molecular flexibility index (Phi) is 4.54. The van der Waals surface area contributed by atoms with Crippen LogP contribution in [0.25, 0.3) is 0 Å². The highest BCUT2D eigenvalue weighted by Gasteiger charge is 2.16. The van der Waals surface area contributed by atoms with E-state index >= 15 is 0 Å². The predicted molar refractivity (Wildman–Crippen MR) is 76.8 cm³/mol. The van der Waals surface area contributed by atoms with Crippen molar-refractivity contribution in [1.29, 1.82) is 0 Å². The largest absolute Gasteiger partial charge is 0.544 e. The molecule has 0 spiro atoms. The van der Waals surface area contributed by atoms with Gasteiger partial charge in [0.15, 0.2) is 0 Å². The lowest BCUT2D eigenvalue weighted by Gasteiger charge is -2.20. The molecule has 0 radical (unpaired) electrons. The fourth-order valence-corrected chi connectivity index (χ4v) is 2.47. The minimum atomic E-state index is -1.51. The monoisotopic (exact) mass is 249 g/mol. The van der Waals surface area contributed by atoms with Gasteiger partial charge in [0, 0.05) is 6.04 Å². The zero-order valence-electron chi connectivity index (χ0n) is 11.3. The molecule has 0 saturated heterocycles. The molecule has 17 heavy (non-hydrogen) atoms. The van der Waals surface area contributed by atoms with Crippen LogP contribution in [0.4, 0.5) is 0 Å². The molecule has 0 aliphatic rings. The Labute approximate surface area is 106 Å². The molecule has 0 aliphatic carbocycles. The van der Waals surface area contributed by atoms with Crippen LogP contribution in [0.2, 0.25) is 19.6 Å². The Morgan fingerprint density at radius 1 is 1.29 bits per heavy atom. The summed E-state index contributed by atoms with van der Waals surface area (Å²) < 4.78 is 5.90. The van der Waals surface area contributed by atoms with Crippen LogP contribution >= 0.6 is 0 Å². The van der Waals surface area contributed by atoms with Crippen molar-refractivity contribution < 1.29 is 4.43 Å². The molecule has 1 aromatic carbocycles. The van der Waals surface area contributed by atoms with E-state index in [0.717, 1.165) is 23.3 Å². The summed E-state index contributed by atoms with van der Waals surface area (Å²) in [5.74, 6) is 0.940. The lowest BCUT2D eigenvalue weighted by Crippen LogP contribution is -2.29. The van der Waals surface area contributed by atoms with E-state index in [9.17, 15) is 0 Å². The van der Waals surface area contributed by atoms with Crippen molar-refractivity contribution in [3.05, 3.63) is 42.0 Å². The van der Waals surface area contributed by atoms with Crippen LogP contribution in [-0.4, -0.2) is 8.32 Å². The van der Waals surface area contributed by atoms with Gasteiger partial charge in [0.25, 0.3) is 0 Å². The average Bonchev–Trinajstić information content (AvgIpc) is 2.15. The van der Waals surface area contributed by atoms with Gasteiger partial charge in [-0.1, -0.05) is 17.7 Å². The summed E-state index contributed by atoms with van der Waals surface area (Å²) >= 11 is 0. The highest BCUT2D eigenvalue weighted by Crippen LogP contribution is 2.22. The van der Waals surface area contributed by atoms with Gasteiger partial charge in [-0.3, -0.25) is 0 Å². The van der Waals surface area contributed by atoms with Crippen LogP contribution in [0.3, 0.4) is 0 Å². The first-order chi connectivity index (χ1) is 7.78. The summed E-state index contributed by atoms with van der Waals surface area (Å²) in [7, 11) is -1.51. The molecule has 0 aromatic heterocycles.